The van der Waals surface area contributed by atoms with Crippen LogP contribution in [-0.2, 0) is 6.42 Å². The zero-order valence-corrected chi connectivity index (χ0v) is 14.6. The molecule has 0 unspecified atom stereocenters. The van der Waals surface area contributed by atoms with Gasteiger partial charge in [-0.3, -0.25) is 4.79 Å². The first-order valence-electron chi connectivity index (χ1n) is 8.31. The van der Waals surface area contributed by atoms with Crippen molar-refractivity contribution in [2.75, 3.05) is 10.6 Å². The summed E-state index contributed by atoms with van der Waals surface area (Å²) >= 11 is 0. The molecule has 6 heteroatoms. The number of amides is 1. The van der Waals surface area contributed by atoms with Gasteiger partial charge in [-0.05, 0) is 42.7 Å². The van der Waals surface area contributed by atoms with E-state index < -0.39 is 0 Å². The number of anilines is 3. The molecule has 0 saturated heterocycles. The van der Waals surface area contributed by atoms with E-state index in [1.54, 1.807) is 12.1 Å². The van der Waals surface area contributed by atoms with Crippen molar-refractivity contribution in [2.24, 2.45) is 0 Å². The lowest BCUT2D eigenvalue weighted by Gasteiger charge is -2.13. The van der Waals surface area contributed by atoms with E-state index in [9.17, 15) is 9.18 Å². The van der Waals surface area contributed by atoms with Crippen molar-refractivity contribution in [3.8, 4) is 0 Å². The van der Waals surface area contributed by atoms with Gasteiger partial charge in [0.15, 0.2) is 0 Å². The van der Waals surface area contributed by atoms with Crippen molar-refractivity contribution < 1.29 is 9.18 Å². The standard InChI is InChI=1S/C20H19FN4O/c1-3-14-7-4-6-13(2)18(14)25-19(26)15-11-22-20(23-12-15)24-17-9-5-8-16(21)10-17/h4-12H,3H2,1-2H3,(H,25,26)(H,22,23,24). The Kier molecular flexibility index (Phi) is 5.22. The Bertz CT molecular complexity index is 925. The minimum Gasteiger partial charge on any atom is -0.324 e. The van der Waals surface area contributed by atoms with Gasteiger partial charge in [-0.1, -0.05) is 31.2 Å². The van der Waals surface area contributed by atoms with Gasteiger partial charge in [0.2, 0.25) is 5.95 Å². The highest BCUT2D eigenvalue weighted by atomic mass is 19.1. The average molecular weight is 350 g/mol. The van der Waals surface area contributed by atoms with Crippen molar-refractivity contribution in [1.82, 2.24) is 9.97 Å². The molecule has 0 saturated carbocycles. The molecular formula is C20H19FN4O. The number of nitrogens with zero attached hydrogens (tertiary/aromatic N) is 2. The molecular weight excluding hydrogens is 331 g/mol. The summed E-state index contributed by atoms with van der Waals surface area (Å²) < 4.78 is 13.2. The highest BCUT2D eigenvalue weighted by Gasteiger charge is 2.12. The second kappa shape index (κ2) is 7.74. The summed E-state index contributed by atoms with van der Waals surface area (Å²) in [6, 6.07) is 11.9. The largest absolute Gasteiger partial charge is 0.324 e. The van der Waals surface area contributed by atoms with Gasteiger partial charge in [0.1, 0.15) is 5.82 Å². The number of carbonyl (C=O) groups is 1. The van der Waals surface area contributed by atoms with Crippen LogP contribution >= 0.6 is 0 Å². The van der Waals surface area contributed by atoms with Crippen LogP contribution < -0.4 is 10.6 Å². The van der Waals surface area contributed by atoms with Gasteiger partial charge in [-0.15, -0.1) is 0 Å². The predicted octanol–water partition coefficient (Wildman–Crippen LogP) is 4.48. The fourth-order valence-corrected chi connectivity index (χ4v) is 2.59. The Hall–Kier alpha value is -3.28. The lowest BCUT2D eigenvalue weighted by Crippen LogP contribution is -2.15. The summed E-state index contributed by atoms with van der Waals surface area (Å²) in [4.78, 5) is 20.7. The Morgan fingerprint density at radius 3 is 2.54 bits per heavy atom. The van der Waals surface area contributed by atoms with E-state index in [2.05, 4.69) is 20.6 Å². The molecule has 5 nitrogen and oxygen atoms in total. The van der Waals surface area contributed by atoms with Crippen LogP contribution in [0.15, 0.2) is 54.9 Å². The van der Waals surface area contributed by atoms with Crippen molar-refractivity contribution in [2.45, 2.75) is 20.3 Å². The van der Waals surface area contributed by atoms with Crippen molar-refractivity contribution in [3.63, 3.8) is 0 Å². The SMILES string of the molecule is CCc1cccc(C)c1NC(=O)c1cnc(Nc2cccc(F)c2)nc1. The molecule has 0 aliphatic heterocycles. The number of hydrogen-bond donors (Lipinski definition) is 2. The van der Waals surface area contributed by atoms with Gasteiger partial charge in [0.05, 0.1) is 5.56 Å². The first-order chi connectivity index (χ1) is 12.6. The first-order valence-corrected chi connectivity index (χ1v) is 8.31. The maximum absolute atomic E-state index is 13.2. The third-order valence-electron chi connectivity index (χ3n) is 3.97. The molecule has 1 heterocycles. The Morgan fingerprint density at radius 2 is 1.85 bits per heavy atom. The van der Waals surface area contributed by atoms with Gasteiger partial charge >= 0.3 is 0 Å². The second-order valence-electron chi connectivity index (χ2n) is 5.85. The monoisotopic (exact) mass is 350 g/mol. The van der Waals surface area contributed by atoms with Crippen molar-refractivity contribution >= 4 is 23.2 Å². The quantitative estimate of drug-likeness (QED) is 0.712. The van der Waals surface area contributed by atoms with Crippen LogP contribution in [0.2, 0.25) is 0 Å². The topological polar surface area (TPSA) is 66.9 Å². The molecule has 2 N–H and O–H groups in total. The molecule has 0 bridgehead atoms. The minimum absolute atomic E-state index is 0.272. The average Bonchev–Trinajstić information content (AvgIpc) is 2.64. The molecule has 1 amide bonds. The molecule has 0 spiro atoms. The molecule has 0 aliphatic carbocycles. The molecule has 26 heavy (non-hydrogen) atoms. The van der Waals surface area contributed by atoms with Crippen LogP contribution in [-0.4, -0.2) is 15.9 Å². The maximum Gasteiger partial charge on any atom is 0.258 e. The van der Waals surface area contributed by atoms with Crippen LogP contribution in [0.25, 0.3) is 0 Å². The van der Waals surface area contributed by atoms with Crippen molar-refractivity contribution in [1.29, 1.82) is 0 Å². The zero-order chi connectivity index (χ0) is 18.5. The molecule has 0 atom stereocenters. The molecule has 1 aromatic heterocycles. The molecule has 0 aliphatic rings. The second-order valence-corrected chi connectivity index (χ2v) is 5.85. The third-order valence-corrected chi connectivity index (χ3v) is 3.97. The summed E-state index contributed by atoms with van der Waals surface area (Å²) in [5, 5.41) is 5.83. The van der Waals surface area contributed by atoms with Gasteiger partial charge in [-0.25, -0.2) is 14.4 Å². The van der Waals surface area contributed by atoms with Crippen LogP contribution in [0.4, 0.5) is 21.7 Å². The van der Waals surface area contributed by atoms with E-state index >= 15 is 0 Å². The number of aryl methyl sites for hydroxylation is 2. The van der Waals surface area contributed by atoms with Crippen LogP contribution in [0.1, 0.15) is 28.4 Å². The number of nitrogens with one attached hydrogen (secondary N) is 2. The predicted molar refractivity (Wildman–Crippen MR) is 100 cm³/mol. The summed E-state index contributed by atoms with van der Waals surface area (Å²) in [5.74, 6) is -0.334. The summed E-state index contributed by atoms with van der Waals surface area (Å²) in [6.45, 7) is 4.00. The molecule has 3 rings (SSSR count). The molecule has 0 fully saturated rings. The number of benzene rings is 2. The molecule has 2 aromatic carbocycles. The smallest absolute Gasteiger partial charge is 0.258 e. The lowest BCUT2D eigenvalue weighted by molar-refractivity contribution is 0.102. The number of carbonyl (C=O) groups excluding carboxylic acids is 1. The highest BCUT2D eigenvalue weighted by molar-refractivity contribution is 6.04. The highest BCUT2D eigenvalue weighted by Crippen LogP contribution is 2.22. The third kappa shape index (κ3) is 4.03. The van der Waals surface area contributed by atoms with Gasteiger partial charge in [0.25, 0.3) is 5.91 Å². The van der Waals surface area contributed by atoms with Crippen molar-refractivity contribution in [3.05, 3.63) is 77.4 Å². The molecule has 132 valence electrons. The minimum atomic E-state index is -0.351. The van der Waals surface area contributed by atoms with Crippen LogP contribution in [0.5, 0.6) is 0 Å². The summed E-state index contributed by atoms with van der Waals surface area (Å²) in [5.41, 5.74) is 3.78. The maximum atomic E-state index is 13.2. The number of hydrogen-bond acceptors (Lipinski definition) is 4. The van der Waals surface area contributed by atoms with Gasteiger partial charge < -0.3 is 10.6 Å². The number of halogens is 1. The van der Waals surface area contributed by atoms with E-state index in [0.29, 0.717) is 11.3 Å². The van der Waals surface area contributed by atoms with E-state index in [-0.39, 0.29) is 17.7 Å². The lowest BCUT2D eigenvalue weighted by atomic mass is 10.1. The number of para-hydroxylation sites is 1. The number of rotatable bonds is 5. The fourth-order valence-electron chi connectivity index (χ4n) is 2.59. The van der Waals surface area contributed by atoms with Gasteiger partial charge in [-0.2, -0.15) is 0 Å². The first kappa shape index (κ1) is 17.5. The van der Waals surface area contributed by atoms with E-state index in [0.717, 1.165) is 23.2 Å². The Morgan fingerprint density at radius 1 is 1.12 bits per heavy atom. The molecule has 0 radical (unpaired) electrons. The van der Waals surface area contributed by atoms with E-state index in [4.69, 9.17) is 0 Å². The normalized spacial score (nSPS) is 10.4. The van der Waals surface area contributed by atoms with E-state index in [1.165, 1.54) is 24.5 Å². The van der Waals surface area contributed by atoms with E-state index in [1.807, 2.05) is 32.0 Å². The van der Waals surface area contributed by atoms with Gasteiger partial charge in [0, 0.05) is 23.8 Å². The molecule has 3 aromatic rings. The zero-order valence-electron chi connectivity index (χ0n) is 14.6. The summed E-state index contributed by atoms with van der Waals surface area (Å²) in [6.07, 6.45) is 3.70. The van der Waals surface area contributed by atoms with Crippen LogP contribution in [0, 0.1) is 12.7 Å². The Labute approximate surface area is 151 Å². The summed E-state index contributed by atoms with van der Waals surface area (Å²) in [7, 11) is 0. The van der Waals surface area contributed by atoms with Crippen LogP contribution in [0.3, 0.4) is 0 Å². The fraction of sp³-hybridized carbons (Fsp3) is 0.150. The Balaban J connectivity index is 1.73. The number of aromatic nitrogens is 2.